The zero-order valence-electron chi connectivity index (χ0n) is 8.38. The highest BCUT2D eigenvalue weighted by molar-refractivity contribution is 9.10. The Morgan fingerprint density at radius 1 is 1.47 bits per heavy atom. The van der Waals surface area contributed by atoms with E-state index in [1.54, 1.807) is 0 Å². The van der Waals surface area contributed by atoms with Gasteiger partial charge in [-0.15, -0.1) is 0 Å². The van der Waals surface area contributed by atoms with Crippen LogP contribution in [-0.2, 0) is 5.54 Å². The van der Waals surface area contributed by atoms with Crippen LogP contribution in [-0.4, -0.2) is 9.55 Å². The number of aromatic nitrogens is 2. The molecule has 1 heterocycles. The van der Waals surface area contributed by atoms with Crippen LogP contribution in [0.2, 0.25) is 0 Å². The van der Waals surface area contributed by atoms with Gasteiger partial charge in [-0.2, -0.15) is 0 Å². The summed E-state index contributed by atoms with van der Waals surface area (Å²) in [6, 6.07) is 6.23. The van der Waals surface area contributed by atoms with E-state index in [-0.39, 0.29) is 5.54 Å². The summed E-state index contributed by atoms with van der Waals surface area (Å²) in [5.74, 6) is 0. The number of nitrogens with one attached hydrogen (secondary N) is 1. The van der Waals surface area contributed by atoms with E-state index < -0.39 is 0 Å². The Labute approximate surface area is 101 Å². The summed E-state index contributed by atoms with van der Waals surface area (Å²) in [4.78, 5) is 3.26. The molecule has 0 unspecified atom stereocenters. The number of benzene rings is 1. The first-order chi connectivity index (χ1) is 7.10. The van der Waals surface area contributed by atoms with E-state index >= 15 is 0 Å². The molecule has 4 heteroatoms. The molecule has 2 aromatic rings. The second-order valence-electron chi connectivity index (χ2n) is 4.42. The Morgan fingerprint density at radius 2 is 2.20 bits per heavy atom. The number of halogens is 1. The molecule has 1 aliphatic rings. The smallest absolute Gasteiger partial charge is 0.178 e. The summed E-state index contributed by atoms with van der Waals surface area (Å²) in [5.41, 5.74) is 2.57. The lowest BCUT2D eigenvalue weighted by molar-refractivity contribution is 0.541. The van der Waals surface area contributed by atoms with Gasteiger partial charge in [0.15, 0.2) is 4.77 Å². The standard InChI is InChI=1S/C11H11BrN2S/c1-11(4-5-11)14-9-6-7(12)2-3-8(9)13-10(14)15/h2-3,6H,4-5H2,1H3,(H,13,15). The molecule has 2 nitrogen and oxygen atoms in total. The molecule has 0 spiro atoms. The summed E-state index contributed by atoms with van der Waals surface area (Å²) < 4.78 is 4.19. The average molecular weight is 283 g/mol. The summed E-state index contributed by atoms with van der Waals surface area (Å²) in [6.45, 7) is 2.26. The maximum absolute atomic E-state index is 5.38. The maximum Gasteiger partial charge on any atom is 0.178 e. The monoisotopic (exact) mass is 282 g/mol. The molecule has 0 aliphatic heterocycles. The quantitative estimate of drug-likeness (QED) is 0.785. The molecular formula is C11H11BrN2S. The highest BCUT2D eigenvalue weighted by Gasteiger charge is 2.40. The molecule has 0 radical (unpaired) electrons. The molecule has 1 fully saturated rings. The third-order valence-corrected chi connectivity index (χ3v) is 3.94. The van der Waals surface area contributed by atoms with Crippen LogP contribution < -0.4 is 0 Å². The second kappa shape index (κ2) is 2.95. The fourth-order valence-electron chi connectivity index (χ4n) is 2.02. The fourth-order valence-corrected chi connectivity index (χ4v) is 2.79. The van der Waals surface area contributed by atoms with Crippen molar-refractivity contribution in [2.24, 2.45) is 0 Å². The van der Waals surface area contributed by atoms with Gasteiger partial charge in [-0.25, -0.2) is 0 Å². The lowest BCUT2D eigenvalue weighted by Gasteiger charge is -2.11. The highest BCUT2D eigenvalue weighted by atomic mass is 79.9. The molecule has 3 rings (SSSR count). The molecule has 1 N–H and O–H groups in total. The average Bonchev–Trinajstić information content (AvgIpc) is 2.80. The van der Waals surface area contributed by atoms with Crippen LogP contribution in [0.15, 0.2) is 22.7 Å². The minimum Gasteiger partial charge on any atom is -0.331 e. The number of hydrogen-bond acceptors (Lipinski definition) is 1. The van der Waals surface area contributed by atoms with Gasteiger partial charge in [0.05, 0.1) is 11.0 Å². The molecular weight excluding hydrogens is 272 g/mol. The molecule has 0 amide bonds. The molecule has 1 aromatic heterocycles. The third-order valence-electron chi connectivity index (χ3n) is 3.16. The zero-order chi connectivity index (χ0) is 10.6. The number of nitrogens with zero attached hydrogens (tertiary/aromatic N) is 1. The van der Waals surface area contributed by atoms with E-state index in [0.717, 1.165) is 14.8 Å². The molecule has 0 saturated heterocycles. The van der Waals surface area contributed by atoms with Crippen LogP contribution in [0.5, 0.6) is 0 Å². The Kier molecular flexibility index (Phi) is 1.89. The Bertz CT molecular complexity index is 592. The van der Waals surface area contributed by atoms with Crippen molar-refractivity contribution in [3.63, 3.8) is 0 Å². The van der Waals surface area contributed by atoms with Crippen LogP contribution in [0.4, 0.5) is 0 Å². The number of fused-ring (bicyclic) bond motifs is 1. The van der Waals surface area contributed by atoms with Gasteiger partial charge >= 0.3 is 0 Å². The summed E-state index contributed by atoms with van der Waals surface area (Å²) in [7, 11) is 0. The highest BCUT2D eigenvalue weighted by Crippen LogP contribution is 2.45. The van der Waals surface area contributed by atoms with E-state index in [0.29, 0.717) is 0 Å². The lowest BCUT2D eigenvalue weighted by atomic mass is 10.2. The predicted molar refractivity (Wildman–Crippen MR) is 67.7 cm³/mol. The first-order valence-corrected chi connectivity index (χ1v) is 6.21. The van der Waals surface area contributed by atoms with Crippen molar-refractivity contribution in [3.8, 4) is 0 Å². The van der Waals surface area contributed by atoms with E-state index in [4.69, 9.17) is 12.2 Å². The molecule has 15 heavy (non-hydrogen) atoms. The fraction of sp³-hybridized carbons (Fsp3) is 0.364. The number of hydrogen-bond donors (Lipinski definition) is 1. The van der Waals surface area contributed by atoms with Gasteiger partial charge in [0.2, 0.25) is 0 Å². The van der Waals surface area contributed by atoms with Gasteiger partial charge in [0.25, 0.3) is 0 Å². The van der Waals surface area contributed by atoms with Gasteiger partial charge in [0, 0.05) is 10.0 Å². The van der Waals surface area contributed by atoms with Crippen LogP contribution in [0, 0.1) is 4.77 Å². The molecule has 1 aromatic carbocycles. The van der Waals surface area contributed by atoms with E-state index in [9.17, 15) is 0 Å². The van der Waals surface area contributed by atoms with Crippen LogP contribution in [0.25, 0.3) is 11.0 Å². The Balaban J connectivity index is 2.41. The SMILES string of the molecule is CC1(n2c(=S)[nH]c3ccc(Br)cc32)CC1. The lowest BCUT2D eigenvalue weighted by Crippen LogP contribution is -2.11. The number of H-pyrrole nitrogens is 1. The van der Waals surface area contributed by atoms with Gasteiger partial charge < -0.3 is 9.55 Å². The van der Waals surface area contributed by atoms with E-state index in [2.05, 4.69) is 44.5 Å². The number of rotatable bonds is 1. The van der Waals surface area contributed by atoms with Crippen molar-refractivity contribution >= 4 is 39.2 Å². The molecule has 1 saturated carbocycles. The Morgan fingerprint density at radius 3 is 2.87 bits per heavy atom. The van der Waals surface area contributed by atoms with Gasteiger partial charge in [0.1, 0.15) is 0 Å². The number of aromatic amines is 1. The predicted octanol–water partition coefficient (Wildman–Crippen LogP) is 3.97. The number of imidazole rings is 1. The maximum atomic E-state index is 5.38. The molecule has 0 atom stereocenters. The normalized spacial score (nSPS) is 18.3. The second-order valence-corrected chi connectivity index (χ2v) is 5.73. The molecule has 1 aliphatic carbocycles. The van der Waals surface area contributed by atoms with Crippen molar-refractivity contribution in [1.82, 2.24) is 9.55 Å². The summed E-state index contributed by atoms with van der Waals surface area (Å²) >= 11 is 8.88. The van der Waals surface area contributed by atoms with Crippen molar-refractivity contribution in [2.45, 2.75) is 25.3 Å². The first-order valence-electron chi connectivity index (χ1n) is 5.01. The topological polar surface area (TPSA) is 20.7 Å². The van der Waals surface area contributed by atoms with E-state index in [1.165, 1.54) is 18.4 Å². The van der Waals surface area contributed by atoms with Crippen LogP contribution in [0.3, 0.4) is 0 Å². The van der Waals surface area contributed by atoms with Crippen LogP contribution >= 0.6 is 28.1 Å². The summed E-state index contributed by atoms with van der Waals surface area (Å²) in [6.07, 6.45) is 2.45. The van der Waals surface area contributed by atoms with Crippen LogP contribution in [0.1, 0.15) is 19.8 Å². The minimum absolute atomic E-state index is 0.246. The van der Waals surface area contributed by atoms with Crippen molar-refractivity contribution in [3.05, 3.63) is 27.4 Å². The summed E-state index contributed by atoms with van der Waals surface area (Å²) in [5, 5.41) is 0. The van der Waals surface area contributed by atoms with E-state index in [1.807, 2.05) is 6.07 Å². The van der Waals surface area contributed by atoms with Gasteiger partial charge in [-0.05, 0) is 50.2 Å². The van der Waals surface area contributed by atoms with Gasteiger partial charge in [-0.1, -0.05) is 15.9 Å². The van der Waals surface area contributed by atoms with Gasteiger partial charge in [-0.3, -0.25) is 0 Å². The largest absolute Gasteiger partial charge is 0.331 e. The zero-order valence-corrected chi connectivity index (χ0v) is 10.8. The molecule has 0 bridgehead atoms. The third kappa shape index (κ3) is 1.39. The Hall–Kier alpha value is -0.610. The minimum atomic E-state index is 0.246. The first kappa shape index (κ1) is 9.60. The molecule has 78 valence electrons. The van der Waals surface area contributed by atoms with Crippen molar-refractivity contribution < 1.29 is 0 Å². The van der Waals surface area contributed by atoms with Crippen molar-refractivity contribution in [2.75, 3.05) is 0 Å². The van der Waals surface area contributed by atoms with Crippen molar-refractivity contribution in [1.29, 1.82) is 0 Å².